The Morgan fingerprint density at radius 1 is 1.25 bits per heavy atom. The van der Waals surface area contributed by atoms with Crippen LogP contribution < -0.4 is 5.32 Å². The minimum Gasteiger partial charge on any atom is -0.309 e. The maximum Gasteiger partial charge on any atom is 0.126 e. The van der Waals surface area contributed by atoms with E-state index in [2.05, 4.69) is 21.8 Å². The molecular formula is C14H17F2N3S. The van der Waals surface area contributed by atoms with E-state index in [-0.39, 0.29) is 6.04 Å². The van der Waals surface area contributed by atoms with Crippen LogP contribution in [0.4, 0.5) is 8.78 Å². The zero-order valence-corrected chi connectivity index (χ0v) is 12.3. The van der Waals surface area contributed by atoms with Crippen molar-refractivity contribution < 1.29 is 8.78 Å². The predicted octanol–water partition coefficient (Wildman–Crippen LogP) is 3.41. The summed E-state index contributed by atoms with van der Waals surface area (Å²) in [5.74, 6) is -1.10. The van der Waals surface area contributed by atoms with Crippen LogP contribution in [0.15, 0.2) is 18.2 Å². The molecule has 2 rings (SSSR count). The Morgan fingerprint density at radius 3 is 2.50 bits per heavy atom. The lowest BCUT2D eigenvalue weighted by Gasteiger charge is -2.17. The van der Waals surface area contributed by atoms with E-state index in [0.717, 1.165) is 29.6 Å². The summed E-state index contributed by atoms with van der Waals surface area (Å²) in [7, 11) is 0. The van der Waals surface area contributed by atoms with E-state index < -0.39 is 11.6 Å². The zero-order chi connectivity index (χ0) is 14.5. The third-order valence-corrected chi connectivity index (χ3v) is 3.95. The molecule has 0 aliphatic rings. The third-order valence-electron chi connectivity index (χ3n) is 3.01. The Bertz CT molecular complexity index is 551. The number of aryl methyl sites for hydroxylation is 1. The SMILES string of the molecule is CCCNC(Cc1cc(F)cc(F)c1)c1snnc1C. The molecule has 1 N–H and O–H groups in total. The number of halogens is 2. The molecule has 0 saturated carbocycles. The van der Waals surface area contributed by atoms with Gasteiger partial charge in [0, 0.05) is 12.1 Å². The highest BCUT2D eigenvalue weighted by Gasteiger charge is 2.18. The van der Waals surface area contributed by atoms with Gasteiger partial charge in [0.1, 0.15) is 11.6 Å². The molecule has 1 aromatic carbocycles. The number of nitrogens with one attached hydrogen (secondary N) is 1. The first kappa shape index (κ1) is 15.0. The smallest absolute Gasteiger partial charge is 0.126 e. The van der Waals surface area contributed by atoms with Crippen molar-refractivity contribution >= 4 is 11.5 Å². The summed E-state index contributed by atoms with van der Waals surface area (Å²) in [6.07, 6.45) is 1.50. The lowest BCUT2D eigenvalue weighted by Crippen LogP contribution is -2.24. The quantitative estimate of drug-likeness (QED) is 0.888. The summed E-state index contributed by atoms with van der Waals surface area (Å²) in [4.78, 5) is 1.02. The summed E-state index contributed by atoms with van der Waals surface area (Å²) in [5, 5.41) is 7.39. The molecule has 3 nitrogen and oxygen atoms in total. The van der Waals surface area contributed by atoms with Gasteiger partial charge in [-0.1, -0.05) is 11.4 Å². The minimum atomic E-state index is -0.548. The summed E-state index contributed by atoms with van der Waals surface area (Å²) in [6, 6.07) is 3.61. The van der Waals surface area contributed by atoms with Gasteiger partial charge in [-0.2, -0.15) is 0 Å². The van der Waals surface area contributed by atoms with E-state index in [9.17, 15) is 8.78 Å². The van der Waals surface area contributed by atoms with Gasteiger partial charge in [0.05, 0.1) is 10.6 Å². The Balaban J connectivity index is 2.21. The van der Waals surface area contributed by atoms with Crippen LogP contribution in [0.2, 0.25) is 0 Å². The molecule has 1 atom stereocenters. The zero-order valence-electron chi connectivity index (χ0n) is 11.5. The molecule has 0 fully saturated rings. The van der Waals surface area contributed by atoms with E-state index in [1.807, 2.05) is 6.92 Å². The monoisotopic (exact) mass is 297 g/mol. The standard InChI is InChI=1S/C14H17F2N3S/c1-3-4-17-13(14-9(2)18-19-20-14)7-10-5-11(15)8-12(16)6-10/h5-6,8,13,17H,3-4,7H2,1-2H3. The first-order valence-electron chi connectivity index (χ1n) is 6.57. The maximum absolute atomic E-state index is 13.3. The normalized spacial score (nSPS) is 12.6. The van der Waals surface area contributed by atoms with E-state index in [4.69, 9.17) is 0 Å². The van der Waals surface area contributed by atoms with Crippen molar-refractivity contribution in [3.63, 3.8) is 0 Å². The van der Waals surface area contributed by atoms with Gasteiger partial charge in [0.2, 0.25) is 0 Å². The average Bonchev–Trinajstić information content (AvgIpc) is 2.79. The van der Waals surface area contributed by atoms with Gasteiger partial charge in [-0.05, 0) is 55.5 Å². The lowest BCUT2D eigenvalue weighted by molar-refractivity contribution is 0.526. The van der Waals surface area contributed by atoms with Crippen LogP contribution in [-0.4, -0.2) is 16.1 Å². The molecule has 108 valence electrons. The highest BCUT2D eigenvalue weighted by molar-refractivity contribution is 7.05. The number of hydrogen-bond acceptors (Lipinski definition) is 4. The number of hydrogen-bond donors (Lipinski definition) is 1. The van der Waals surface area contributed by atoms with Crippen LogP contribution in [-0.2, 0) is 6.42 Å². The lowest BCUT2D eigenvalue weighted by atomic mass is 10.0. The summed E-state index contributed by atoms with van der Waals surface area (Å²) < 4.78 is 30.5. The van der Waals surface area contributed by atoms with Crippen molar-refractivity contribution in [2.75, 3.05) is 6.54 Å². The van der Waals surface area contributed by atoms with Crippen molar-refractivity contribution in [1.29, 1.82) is 0 Å². The van der Waals surface area contributed by atoms with Crippen molar-refractivity contribution in [1.82, 2.24) is 14.9 Å². The van der Waals surface area contributed by atoms with Crippen LogP contribution >= 0.6 is 11.5 Å². The van der Waals surface area contributed by atoms with Crippen molar-refractivity contribution in [2.24, 2.45) is 0 Å². The topological polar surface area (TPSA) is 37.8 Å². The Labute approximate surface area is 121 Å². The second-order valence-electron chi connectivity index (χ2n) is 4.71. The summed E-state index contributed by atoms with van der Waals surface area (Å²) >= 11 is 1.32. The molecule has 6 heteroatoms. The van der Waals surface area contributed by atoms with Crippen molar-refractivity contribution in [3.8, 4) is 0 Å². The fourth-order valence-corrected chi connectivity index (χ4v) is 2.82. The molecule has 0 amide bonds. The highest BCUT2D eigenvalue weighted by Crippen LogP contribution is 2.24. The molecule has 0 aliphatic heterocycles. The number of nitrogens with zero attached hydrogens (tertiary/aromatic N) is 2. The van der Waals surface area contributed by atoms with Gasteiger partial charge >= 0.3 is 0 Å². The first-order valence-corrected chi connectivity index (χ1v) is 7.34. The molecule has 2 aromatic rings. The van der Waals surface area contributed by atoms with Crippen LogP contribution in [0.1, 0.15) is 35.5 Å². The largest absolute Gasteiger partial charge is 0.309 e. The molecule has 1 unspecified atom stereocenters. The molecular weight excluding hydrogens is 280 g/mol. The second kappa shape index (κ2) is 6.85. The summed E-state index contributed by atoms with van der Waals surface area (Å²) in [6.45, 7) is 4.80. The molecule has 0 spiro atoms. The van der Waals surface area contributed by atoms with Crippen LogP contribution in [0.3, 0.4) is 0 Å². The molecule has 0 bridgehead atoms. The average molecular weight is 297 g/mol. The fourth-order valence-electron chi connectivity index (χ4n) is 2.10. The van der Waals surface area contributed by atoms with Crippen molar-refractivity contribution in [2.45, 2.75) is 32.7 Å². The van der Waals surface area contributed by atoms with E-state index in [0.29, 0.717) is 12.0 Å². The van der Waals surface area contributed by atoms with Gasteiger partial charge in [0.25, 0.3) is 0 Å². The van der Waals surface area contributed by atoms with Gasteiger partial charge in [0.15, 0.2) is 0 Å². The predicted molar refractivity (Wildman–Crippen MR) is 75.7 cm³/mol. The Morgan fingerprint density at radius 2 is 1.95 bits per heavy atom. The van der Waals surface area contributed by atoms with Crippen LogP contribution in [0.25, 0.3) is 0 Å². The van der Waals surface area contributed by atoms with E-state index in [1.54, 1.807) is 0 Å². The number of aromatic nitrogens is 2. The highest BCUT2D eigenvalue weighted by atomic mass is 32.1. The van der Waals surface area contributed by atoms with E-state index in [1.165, 1.54) is 23.7 Å². The van der Waals surface area contributed by atoms with Gasteiger partial charge in [-0.15, -0.1) is 5.10 Å². The number of rotatable bonds is 6. The fraction of sp³-hybridized carbons (Fsp3) is 0.429. The van der Waals surface area contributed by atoms with Crippen LogP contribution in [0, 0.1) is 18.6 Å². The molecule has 0 radical (unpaired) electrons. The Kier molecular flexibility index (Phi) is 5.14. The molecule has 0 saturated heterocycles. The van der Waals surface area contributed by atoms with E-state index >= 15 is 0 Å². The van der Waals surface area contributed by atoms with Crippen LogP contribution in [0.5, 0.6) is 0 Å². The molecule has 20 heavy (non-hydrogen) atoms. The van der Waals surface area contributed by atoms with Crippen molar-refractivity contribution in [3.05, 3.63) is 46.0 Å². The third kappa shape index (κ3) is 3.80. The minimum absolute atomic E-state index is 0.0175. The first-order chi connectivity index (χ1) is 9.60. The molecule has 1 aromatic heterocycles. The van der Waals surface area contributed by atoms with Gasteiger partial charge in [-0.25, -0.2) is 8.78 Å². The second-order valence-corrected chi connectivity index (χ2v) is 5.50. The summed E-state index contributed by atoms with van der Waals surface area (Å²) in [5.41, 5.74) is 1.49. The van der Waals surface area contributed by atoms with Gasteiger partial charge in [-0.3, -0.25) is 0 Å². The molecule has 0 aliphatic carbocycles. The molecule has 1 heterocycles. The number of benzene rings is 1. The van der Waals surface area contributed by atoms with Gasteiger partial charge < -0.3 is 5.32 Å². The maximum atomic E-state index is 13.3. The Hall–Kier alpha value is -1.40.